The predicted molar refractivity (Wildman–Crippen MR) is 122 cm³/mol. The van der Waals surface area contributed by atoms with Crippen LogP contribution in [0.3, 0.4) is 0 Å². The monoisotopic (exact) mass is 448 g/mol. The van der Waals surface area contributed by atoms with Crippen LogP contribution in [0.25, 0.3) is 11.0 Å². The highest BCUT2D eigenvalue weighted by molar-refractivity contribution is 8.10. The highest BCUT2D eigenvalue weighted by atomic mass is 32.2. The number of methoxy groups -OCH3 is 2. The van der Waals surface area contributed by atoms with Gasteiger partial charge in [-0.25, -0.2) is 9.59 Å². The number of hydrogen-bond acceptors (Lipinski definition) is 7. The molecule has 2 heterocycles. The van der Waals surface area contributed by atoms with Crippen molar-refractivity contribution in [2.24, 2.45) is 0 Å². The van der Waals surface area contributed by atoms with Crippen molar-refractivity contribution in [3.8, 4) is 0 Å². The van der Waals surface area contributed by atoms with Crippen molar-refractivity contribution in [3.63, 3.8) is 0 Å². The van der Waals surface area contributed by atoms with Crippen LogP contribution in [-0.2, 0) is 14.3 Å². The van der Waals surface area contributed by atoms with Gasteiger partial charge in [0.25, 0.3) is 0 Å². The molecule has 3 aromatic rings. The van der Waals surface area contributed by atoms with Crippen LogP contribution < -0.4 is 16.3 Å². The maximum absolute atomic E-state index is 13.6. The number of anilines is 1. The van der Waals surface area contributed by atoms with Gasteiger partial charge in [-0.1, -0.05) is 72.4 Å². The Morgan fingerprint density at radius 3 is 2.16 bits per heavy atom. The summed E-state index contributed by atoms with van der Waals surface area (Å²) in [6, 6.07) is 18.3. The first-order valence-electron chi connectivity index (χ1n) is 9.71. The molecule has 0 unspecified atom stereocenters. The number of rotatable bonds is 4. The highest BCUT2D eigenvalue weighted by Gasteiger charge is 2.38. The molecule has 1 aliphatic rings. The number of fused-ring (bicyclic) bond motifs is 1. The first-order chi connectivity index (χ1) is 15.5. The fraction of sp³-hybridized carbons (Fsp3) is 0.125. The molecule has 0 bridgehead atoms. The number of ether oxygens (including phenoxy) is 2. The summed E-state index contributed by atoms with van der Waals surface area (Å²) in [5, 5.41) is -0.164. The molecule has 32 heavy (non-hydrogen) atoms. The summed E-state index contributed by atoms with van der Waals surface area (Å²) in [6.45, 7) is 0. The minimum atomic E-state index is -0.771. The number of hydrogen-bond donors (Lipinski definition) is 1. The molecule has 1 atom stereocenters. The Morgan fingerprint density at radius 2 is 1.56 bits per heavy atom. The van der Waals surface area contributed by atoms with E-state index >= 15 is 0 Å². The largest absolute Gasteiger partial charge is 0.465 e. The summed E-state index contributed by atoms with van der Waals surface area (Å²) in [7, 11) is 2.48. The molecule has 162 valence electrons. The van der Waals surface area contributed by atoms with Gasteiger partial charge in [0.1, 0.15) is 10.2 Å². The molecule has 0 fully saturated rings. The van der Waals surface area contributed by atoms with Crippen molar-refractivity contribution < 1.29 is 23.9 Å². The van der Waals surface area contributed by atoms with Gasteiger partial charge < -0.3 is 15.2 Å². The Balaban J connectivity index is 2.12. The summed E-state index contributed by atoms with van der Waals surface area (Å²) in [5.41, 5.74) is 7.79. The first-order valence-corrected chi connectivity index (χ1v) is 10.6. The first kappa shape index (κ1) is 21.5. The Kier molecular flexibility index (Phi) is 5.87. The van der Waals surface area contributed by atoms with Crippen LogP contribution >= 0.6 is 11.8 Å². The third-order valence-corrected chi connectivity index (χ3v) is 6.41. The number of carbonyl (C=O) groups is 3. The zero-order valence-electron chi connectivity index (χ0n) is 17.4. The van der Waals surface area contributed by atoms with E-state index in [1.165, 1.54) is 18.8 Å². The molecule has 4 rings (SSSR count). The number of nitrogen functional groups attached to an aromatic ring is 1. The second-order valence-electron chi connectivity index (χ2n) is 6.97. The Bertz CT molecular complexity index is 1330. The zero-order valence-corrected chi connectivity index (χ0v) is 18.2. The van der Waals surface area contributed by atoms with E-state index in [1.807, 2.05) is 36.4 Å². The molecule has 0 aliphatic carbocycles. The van der Waals surface area contributed by atoms with Crippen LogP contribution in [0.15, 0.2) is 60.7 Å². The quantitative estimate of drug-likeness (QED) is 0.610. The number of thioether (sulfide) groups is 1. The average molecular weight is 449 g/mol. The second-order valence-corrected chi connectivity index (χ2v) is 8.09. The van der Waals surface area contributed by atoms with Crippen molar-refractivity contribution in [1.29, 1.82) is 0 Å². The van der Waals surface area contributed by atoms with Crippen LogP contribution in [0.5, 0.6) is 0 Å². The smallest absolute Gasteiger partial charge is 0.357 e. The molecular formula is C24H20N2O5S. The van der Waals surface area contributed by atoms with Gasteiger partial charge in [-0.05, 0) is 17.2 Å². The van der Waals surface area contributed by atoms with Crippen LogP contribution in [0.2, 0.25) is 0 Å². The van der Waals surface area contributed by atoms with E-state index in [2.05, 4.69) is 0 Å². The summed E-state index contributed by atoms with van der Waals surface area (Å²) < 4.78 is 11.1. The van der Waals surface area contributed by atoms with E-state index in [9.17, 15) is 14.4 Å². The third kappa shape index (κ3) is 3.58. The number of benzene rings is 2. The Hall–Kier alpha value is -3.78. The lowest BCUT2D eigenvalue weighted by atomic mass is 10.1. The molecule has 0 saturated carbocycles. The second kappa shape index (κ2) is 8.76. The van der Waals surface area contributed by atoms with E-state index < -0.39 is 23.1 Å². The summed E-state index contributed by atoms with van der Waals surface area (Å²) in [6.07, 6.45) is 1.73. The van der Waals surface area contributed by atoms with Gasteiger partial charge in [-0.15, -0.1) is 0 Å². The van der Waals surface area contributed by atoms with Crippen LogP contribution in [0.1, 0.15) is 31.7 Å². The van der Waals surface area contributed by atoms with Crippen LogP contribution in [-0.4, -0.2) is 36.6 Å². The average Bonchev–Trinajstić information content (AvgIpc) is 3.12. The third-order valence-electron chi connectivity index (χ3n) is 5.11. The lowest BCUT2D eigenvalue weighted by molar-refractivity contribution is -0.133. The standard InChI is InChI=1S/C24H20N2O5S/c1-30-23(28)19-17(25)16(13-14-9-5-3-6-10-14)18-21(24(29)31-2)32-20(22(27)26(18)19)15-11-7-4-8-12-15/h3-13,20H,25H2,1-2H3/b16-13+/t20-/m1/s1. The number of nitrogens with zero attached hydrogens (tertiary/aromatic N) is 1. The molecule has 2 N–H and O–H groups in total. The fourth-order valence-electron chi connectivity index (χ4n) is 3.63. The molecule has 2 aromatic carbocycles. The Labute approximate surface area is 188 Å². The number of aromatic nitrogens is 1. The minimum absolute atomic E-state index is 0.0553. The molecule has 0 spiro atoms. The molecule has 0 saturated heterocycles. The van der Waals surface area contributed by atoms with Crippen LogP contribution in [0, 0.1) is 0 Å². The molecule has 0 amide bonds. The number of esters is 2. The molecular weight excluding hydrogens is 428 g/mol. The van der Waals surface area contributed by atoms with Crippen LogP contribution in [0.4, 0.5) is 5.69 Å². The SMILES string of the molecule is COC(=O)C1=c2/c(=C/c3ccccc3)c(N)c(C(=O)OC)n2C(=O)[C@@H](c2ccccc2)S1. The van der Waals surface area contributed by atoms with Gasteiger partial charge in [0.15, 0.2) is 5.69 Å². The van der Waals surface area contributed by atoms with Crippen molar-refractivity contribution in [2.45, 2.75) is 5.25 Å². The molecule has 1 aliphatic heterocycles. The maximum atomic E-state index is 13.6. The maximum Gasteiger partial charge on any atom is 0.357 e. The lowest BCUT2D eigenvalue weighted by Crippen LogP contribution is -2.42. The minimum Gasteiger partial charge on any atom is -0.465 e. The summed E-state index contributed by atoms with van der Waals surface area (Å²) in [4.78, 5) is 39.3. The van der Waals surface area contributed by atoms with Gasteiger partial charge in [0, 0.05) is 5.22 Å². The molecule has 7 nitrogen and oxygen atoms in total. The van der Waals surface area contributed by atoms with Gasteiger partial charge >= 0.3 is 11.9 Å². The summed E-state index contributed by atoms with van der Waals surface area (Å²) in [5.74, 6) is -1.79. The number of carbonyl (C=O) groups excluding carboxylic acids is 3. The topological polar surface area (TPSA) is 101 Å². The highest BCUT2D eigenvalue weighted by Crippen LogP contribution is 2.39. The molecule has 1 aromatic heterocycles. The van der Waals surface area contributed by atoms with E-state index in [0.717, 1.165) is 17.3 Å². The van der Waals surface area contributed by atoms with Crippen molar-refractivity contribution in [3.05, 3.63) is 88.1 Å². The summed E-state index contributed by atoms with van der Waals surface area (Å²) >= 11 is 1.08. The van der Waals surface area contributed by atoms with Gasteiger partial charge in [0.05, 0.1) is 25.3 Å². The van der Waals surface area contributed by atoms with Gasteiger partial charge in [0.2, 0.25) is 5.91 Å². The van der Waals surface area contributed by atoms with Gasteiger partial charge in [-0.3, -0.25) is 9.36 Å². The predicted octanol–water partition coefficient (Wildman–Crippen LogP) is 2.10. The lowest BCUT2D eigenvalue weighted by Gasteiger charge is -2.23. The fourth-order valence-corrected chi connectivity index (χ4v) is 4.86. The normalized spacial score (nSPS) is 15.9. The van der Waals surface area contributed by atoms with Crippen molar-refractivity contribution >= 4 is 46.3 Å². The van der Waals surface area contributed by atoms with Gasteiger partial charge in [-0.2, -0.15) is 0 Å². The van der Waals surface area contributed by atoms with E-state index in [0.29, 0.717) is 10.8 Å². The van der Waals surface area contributed by atoms with E-state index in [-0.39, 0.29) is 21.6 Å². The molecule has 8 heteroatoms. The molecule has 0 radical (unpaired) electrons. The Morgan fingerprint density at radius 1 is 0.969 bits per heavy atom. The van der Waals surface area contributed by atoms with Crippen molar-refractivity contribution in [2.75, 3.05) is 20.0 Å². The number of nitrogens with two attached hydrogens (primary N) is 1. The van der Waals surface area contributed by atoms with E-state index in [1.54, 1.807) is 30.3 Å². The van der Waals surface area contributed by atoms with E-state index in [4.69, 9.17) is 15.2 Å². The zero-order chi connectivity index (χ0) is 22.8. The van der Waals surface area contributed by atoms with Crippen molar-refractivity contribution in [1.82, 2.24) is 4.57 Å².